The van der Waals surface area contributed by atoms with E-state index >= 15 is 0 Å². The summed E-state index contributed by atoms with van der Waals surface area (Å²) in [6.07, 6.45) is 0.626. The van der Waals surface area contributed by atoms with Gasteiger partial charge in [-0.2, -0.15) is 0 Å². The second kappa shape index (κ2) is 6.46. The minimum Gasteiger partial charge on any atom is -0.274 e. The highest BCUT2D eigenvalue weighted by molar-refractivity contribution is 6.22. The first-order valence-corrected chi connectivity index (χ1v) is 8.93. The van der Waals surface area contributed by atoms with Gasteiger partial charge in [-0.1, -0.05) is 31.2 Å². The van der Waals surface area contributed by atoms with Gasteiger partial charge < -0.3 is 0 Å². The van der Waals surface area contributed by atoms with Gasteiger partial charge in [0.2, 0.25) is 0 Å². The summed E-state index contributed by atoms with van der Waals surface area (Å²) in [5.74, 6) is -1.48. The van der Waals surface area contributed by atoms with E-state index in [2.05, 4.69) is 0 Å². The van der Waals surface area contributed by atoms with Gasteiger partial charge in [0, 0.05) is 13.1 Å². The lowest BCUT2D eigenvalue weighted by atomic mass is 10.1. The highest BCUT2D eigenvalue weighted by Gasteiger charge is 2.39. The number of carbonyl (C=O) groups excluding carboxylic acids is 4. The molecule has 0 atom stereocenters. The van der Waals surface area contributed by atoms with Crippen LogP contribution in [0.1, 0.15) is 54.8 Å². The first-order valence-electron chi connectivity index (χ1n) is 8.93. The van der Waals surface area contributed by atoms with Crippen LogP contribution < -0.4 is 0 Å². The molecule has 2 aliphatic rings. The van der Waals surface area contributed by atoms with Crippen LogP contribution in [0.25, 0.3) is 0 Å². The average Bonchev–Trinajstić information content (AvgIpc) is 3.08. The average molecular weight is 362 g/mol. The summed E-state index contributed by atoms with van der Waals surface area (Å²) in [6, 6.07) is 13.5. The Hall–Kier alpha value is -3.28. The van der Waals surface area contributed by atoms with Crippen molar-refractivity contribution in [1.82, 2.24) is 9.80 Å². The number of amides is 4. The van der Waals surface area contributed by atoms with E-state index in [9.17, 15) is 19.2 Å². The largest absolute Gasteiger partial charge is 0.274 e. The van der Waals surface area contributed by atoms with Gasteiger partial charge in [0.05, 0.1) is 22.3 Å². The predicted octanol–water partition coefficient (Wildman–Crippen LogP) is 2.61. The second-order valence-electron chi connectivity index (χ2n) is 6.81. The lowest BCUT2D eigenvalue weighted by Gasteiger charge is -2.25. The Morgan fingerprint density at radius 2 is 0.926 bits per heavy atom. The Labute approximate surface area is 156 Å². The molecule has 0 saturated heterocycles. The standard InChI is InChI=1S/C21H18N2O4/c1-2-13(11-22-18(24)14-7-3-4-8-15(14)19(22)25)12-23-20(26)16-9-5-6-10-17(16)21(23)27/h3-10,13H,2,11-12H2,1H3. The molecule has 2 aliphatic heterocycles. The lowest BCUT2D eigenvalue weighted by molar-refractivity contribution is 0.0576. The molecule has 0 N–H and O–H groups in total. The van der Waals surface area contributed by atoms with Crippen LogP contribution in [0.5, 0.6) is 0 Å². The van der Waals surface area contributed by atoms with Gasteiger partial charge >= 0.3 is 0 Å². The second-order valence-corrected chi connectivity index (χ2v) is 6.81. The van der Waals surface area contributed by atoms with Gasteiger partial charge in [0.25, 0.3) is 23.6 Å². The van der Waals surface area contributed by atoms with E-state index in [0.717, 1.165) is 0 Å². The Morgan fingerprint density at radius 3 is 1.19 bits per heavy atom. The van der Waals surface area contributed by atoms with Gasteiger partial charge in [-0.25, -0.2) is 0 Å². The van der Waals surface area contributed by atoms with E-state index in [4.69, 9.17) is 0 Å². The van der Waals surface area contributed by atoms with Crippen molar-refractivity contribution in [3.05, 3.63) is 70.8 Å². The summed E-state index contributed by atoms with van der Waals surface area (Å²) in [6.45, 7) is 2.27. The Morgan fingerprint density at radius 1 is 0.630 bits per heavy atom. The SMILES string of the molecule is CCC(CN1C(=O)c2ccccc2C1=O)CN1C(=O)c2ccccc2C1=O. The highest BCUT2D eigenvalue weighted by atomic mass is 16.2. The molecule has 0 bridgehead atoms. The normalized spacial score (nSPS) is 15.8. The number of rotatable bonds is 5. The summed E-state index contributed by atoms with van der Waals surface area (Å²) in [4.78, 5) is 52.7. The first kappa shape index (κ1) is 17.1. The number of hydrogen-bond acceptors (Lipinski definition) is 4. The fraction of sp³-hybridized carbons (Fsp3) is 0.238. The van der Waals surface area contributed by atoms with Crippen molar-refractivity contribution in [2.24, 2.45) is 5.92 Å². The quantitative estimate of drug-likeness (QED) is 0.767. The van der Waals surface area contributed by atoms with E-state index in [-0.39, 0.29) is 42.6 Å². The number of nitrogens with zero attached hydrogens (tertiary/aromatic N) is 2. The van der Waals surface area contributed by atoms with E-state index in [1.54, 1.807) is 48.5 Å². The van der Waals surface area contributed by atoms with Crippen LogP contribution in [0, 0.1) is 5.92 Å². The molecule has 0 fully saturated rings. The van der Waals surface area contributed by atoms with Crippen molar-refractivity contribution in [3.8, 4) is 0 Å². The molecule has 27 heavy (non-hydrogen) atoms. The number of fused-ring (bicyclic) bond motifs is 2. The third kappa shape index (κ3) is 2.65. The first-order chi connectivity index (χ1) is 13.0. The zero-order valence-electron chi connectivity index (χ0n) is 14.8. The molecule has 2 aromatic rings. The zero-order valence-corrected chi connectivity index (χ0v) is 14.8. The third-order valence-corrected chi connectivity index (χ3v) is 5.22. The molecule has 2 aromatic carbocycles. The number of hydrogen-bond donors (Lipinski definition) is 0. The number of benzene rings is 2. The van der Waals surface area contributed by atoms with Crippen LogP contribution in [0.4, 0.5) is 0 Å². The summed E-state index contributed by atoms with van der Waals surface area (Å²) < 4.78 is 0. The van der Waals surface area contributed by atoms with Crippen molar-refractivity contribution in [2.45, 2.75) is 13.3 Å². The molecule has 0 radical (unpaired) electrons. The molecule has 0 aliphatic carbocycles. The van der Waals surface area contributed by atoms with Crippen molar-refractivity contribution in [2.75, 3.05) is 13.1 Å². The van der Waals surface area contributed by atoms with E-state index in [1.165, 1.54) is 9.80 Å². The molecule has 4 rings (SSSR count). The fourth-order valence-corrected chi connectivity index (χ4v) is 3.64. The molecule has 0 unspecified atom stereocenters. The Balaban J connectivity index is 1.52. The van der Waals surface area contributed by atoms with Gasteiger partial charge in [0.1, 0.15) is 0 Å². The van der Waals surface area contributed by atoms with E-state index in [1.807, 2.05) is 6.92 Å². The summed E-state index contributed by atoms with van der Waals surface area (Å²) in [5.41, 5.74) is 1.60. The number of imide groups is 2. The summed E-state index contributed by atoms with van der Waals surface area (Å²) in [7, 11) is 0. The van der Waals surface area contributed by atoms with Gasteiger partial charge in [-0.15, -0.1) is 0 Å². The molecule has 0 aromatic heterocycles. The molecule has 136 valence electrons. The van der Waals surface area contributed by atoms with Crippen molar-refractivity contribution < 1.29 is 19.2 Å². The molecule has 0 saturated carbocycles. The predicted molar refractivity (Wildman–Crippen MR) is 97.4 cm³/mol. The Bertz CT molecular complexity index is 834. The van der Waals surface area contributed by atoms with Crippen LogP contribution in [0.2, 0.25) is 0 Å². The minimum atomic E-state index is -0.323. The van der Waals surface area contributed by atoms with Gasteiger partial charge in [-0.05, 0) is 36.6 Å². The monoisotopic (exact) mass is 362 g/mol. The van der Waals surface area contributed by atoms with Crippen LogP contribution in [0.15, 0.2) is 48.5 Å². The lowest BCUT2D eigenvalue weighted by Crippen LogP contribution is -2.41. The topological polar surface area (TPSA) is 74.8 Å². The number of carbonyl (C=O) groups is 4. The maximum atomic E-state index is 12.6. The smallest absolute Gasteiger partial charge is 0.261 e. The van der Waals surface area contributed by atoms with Crippen LogP contribution in [-0.4, -0.2) is 46.5 Å². The fourth-order valence-electron chi connectivity index (χ4n) is 3.64. The molecular weight excluding hydrogens is 344 g/mol. The van der Waals surface area contributed by atoms with Gasteiger partial charge in [-0.3, -0.25) is 29.0 Å². The molecule has 4 amide bonds. The molecule has 6 nitrogen and oxygen atoms in total. The Kier molecular flexibility index (Phi) is 4.11. The van der Waals surface area contributed by atoms with E-state index < -0.39 is 0 Å². The third-order valence-electron chi connectivity index (χ3n) is 5.22. The molecule has 6 heteroatoms. The molecular formula is C21H18N2O4. The maximum absolute atomic E-state index is 12.6. The summed E-state index contributed by atoms with van der Waals surface area (Å²) >= 11 is 0. The summed E-state index contributed by atoms with van der Waals surface area (Å²) in [5, 5.41) is 0. The van der Waals surface area contributed by atoms with Crippen LogP contribution >= 0.6 is 0 Å². The zero-order chi connectivity index (χ0) is 19.1. The van der Waals surface area contributed by atoms with Crippen molar-refractivity contribution in [3.63, 3.8) is 0 Å². The molecule has 0 spiro atoms. The minimum absolute atomic E-state index is 0.177. The van der Waals surface area contributed by atoms with Crippen LogP contribution in [-0.2, 0) is 0 Å². The van der Waals surface area contributed by atoms with Gasteiger partial charge in [0.15, 0.2) is 0 Å². The van der Waals surface area contributed by atoms with Crippen molar-refractivity contribution in [1.29, 1.82) is 0 Å². The van der Waals surface area contributed by atoms with Crippen LogP contribution in [0.3, 0.4) is 0 Å². The molecule has 2 heterocycles. The van der Waals surface area contributed by atoms with Crippen molar-refractivity contribution >= 4 is 23.6 Å². The highest BCUT2D eigenvalue weighted by Crippen LogP contribution is 2.27. The van der Waals surface area contributed by atoms with E-state index in [0.29, 0.717) is 28.7 Å². The maximum Gasteiger partial charge on any atom is 0.261 e.